The fraction of sp³-hybridized carbons (Fsp3) is 0.223. The van der Waals surface area contributed by atoms with Crippen LogP contribution in [-0.4, -0.2) is 138 Å². The van der Waals surface area contributed by atoms with Crippen LogP contribution >= 0.6 is 163 Å². The lowest BCUT2D eigenvalue weighted by Crippen LogP contribution is -2.08. The van der Waals surface area contributed by atoms with Crippen LogP contribution in [0.25, 0.3) is 16.1 Å². The average molecular weight is 2210 g/mol. The maximum Gasteiger partial charge on any atom is 0.251 e. The van der Waals surface area contributed by atoms with Crippen LogP contribution < -0.4 is 44.5 Å². The number of H-pyrrole nitrogens is 8. The Labute approximate surface area is 886 Å². The second-order valence-corrected chi connectivity index (χ2v) is 40.8. The molecule has 18 heterocycles. The highest BCUT2D eigenvalue weighted by Gasteiger charge is 2.17. The summed E-state index contributed by atoms with van der Waals surface area (Å²) >= 11 is 43.1. The molecule has 18 rings (SSSR count). The summed E-state index contributed by atoms with van der Waals surface area (Å²) in [6.07, 6.45) is 21.4. The minimum absolute atomic E-state index is 0.108. The number of hydrogen-bond donors (Lipinski definition) is 8. The fourth-order valence-electron chi connectivity index (χ4n) is 12.0. The molecule has 0 saturated carbocycles. The van der Waals surface area contributed by atoms with Gasteiger partial charge in [-0.25, -0.2) is 59.8 Å². The largest absolute Gasteiger partial charge is 0.335 e. The summed E-state index contributed by atoms with van der Waals surface area (Å²) in [7, 11) is 1.89. The number of fused-ring (bicyclic) bond motifs is 1. The van der Waals surface area contributed by atoms with E-state index in [9.17, 15) is 38.4 Å². The molecular formula is C94H93Cl5N28O8S9. The van der Waals surface area contributed by atoms with E-state index in [1.54, 1.807) is 74.8 Å². The topological polar surface area (TPSA) is 496 Å². The minimum atomic E-state index is -0.173. The highest BCUT2D eigenvalue weighted by molar-refractivity contribution is 8.00. The molecule has 0 bridgehead atoms. The van der Waals surface area contributed by atoms with Crippen molar-refractivity contribution >= 4 is 168 Å². The third-order valence-corrected chi connectivity index (χ3v) is 28.6. The molecule has 36 nitrogen and oxygen atoms in total. The molecule has 0 aliphatic carbocycles. The van der Waals surface area contributed by atoms with E-state index in [2.05, 4.69) is 142 Å². The summed E-state index contributed by atoms with van der Waals surface area (Å²) < 4.78 is 5.83. The van der Waals surface area contributed by atoms with E-state index in [0.717, 1.165) is 119 Å². The van der Waals surface area contributed by atoms with E-state index in [1.807, 2.05) is 145 Å². The molecule has 18 aromatic rings. The predicted molar refractivity (Wildman–Crippen MR) is 576 cm³/mol. The summed E-state index contributed by atoms with van der Waals surface area (Å²) in [5, 5.41) is 13.0. The zero-order chi connectivity index (χ0) is 103. The van der Waals surface area contributed by atoms with Gasteiger partial charge in [0.1, 0.15) is 16.1 Å². The van der Waals surface area contributed by atoms with Crippen LogP contribution in [0.3, 0.4) is 0 Å². The number of nitrogens with zero attached hydrogens (tertiary/aromatic N) is 20. The molecular weight excluding hydrogens is 2120 g/mol. The van der Waals surface area contributed by atoms with Crippen molar-refractivity contribution in [1.82, 2.24) is 138 Å². The van der Waals surface area contributed by atoms with Gasteiger partial charge in [0.15, 0.2) is 51.4 Å². The molecule has 0 unspecified atom stereocenters. The molecule has 50 heteroatoms. The maximum atomic E-state index is 11.4. The van der Waals surface area contributed by atoms with E-state index >= 15 is 0 Å². The Bertz CT molecular complexity index is 7840. The van der Waals surface area contributed by atoms with Gasteiger partial charge in [0, 0.05) is 266 Å². The lowest BCUT2D eigenvalue weighted by molar-refractivity contribution is 0.725. The number of halogens is 5. The van der Waals surface area contributed by atoms with Crippen LogP contribution in [0.5, 0.6) is 0 Å². The first kappa shape index (κ1) is 112. The summed E-state index contributed by atoms with van der Waals surface area (Å²) in [5.74, 6) is 6.28. The molecule has 144 heavy (non-hydrogen) atoms. The highest BCUT2D eigenvalue weighted by atomic mass is 35.5. The zero-order valence-corrected chi connectivity index (χ0v) is 90.2. The average Bonchev–Trinajstić information content (AvgIpc) is 1.65. The molecule has 0 amide bonds. The van der Waals surface area contributed by atoms with Gasteiger partial charge in [-0.05, 0) is 141 Å². The molecule has 0 saturated heterocycles. The first-order valence-electron chi connectivity index (χ1n) is 43.0. The van der Waals surface area contributed by atoms with Crippen molar-refractivity contribution in [2.45, 2.75) is 170 Å². The molecule has 0 spiro atoms. The van der Waals surface area contributed by atoms with Crippen molar-refractivity contribution in [1.29, 1.82) is 0 Å². The summed E-state index contributed by atoms with van der Waals surface area (Å²) in [5.41, 5.74) is 15.6. The summed E-state index contributed by atoms with van der Waals surface area (Å²) in [6, 6.07) is 31.1. The summed E-state index contributed by atoms with van der Waals surface area (Å²) in [4.78, 5) is 180. The van der Waals surface area contributed by atoms with Gasteiger partial charge in [0.25, 0.3) is 44.5 Å². The molecule has 0 fully saturated rings. The number of aromatic amines is 8. The quantitative estimate of drug-likeness (QED) is 0.0142. The van der Waals surface area contributed by atoms with Gasteiger partial charge in [0.05, 0.1) is 16.5 Å². The number of imidazole rings is 2. The van der Waals surface area contributed by atoms with Crippen molar-refractivity contribution in [2.24, 2.45) is 7.05 Å². The van der Waals surface area contributed by atoms with Crippen molar-refractivity contribution in [3.05, 3.63) is 399 Å². The highest BCUT2D eigenvalue weighted by Crippen LogP contribution is 2.33. The Morgan fingerprint density at radius 3 is 1.24 bits per heavy atom. The van der Waals surface area contributed by atoms with E-state index in [0.29, 0.717) is 113 Å². The number of aromatic nitrogens is 28. The van der Waals surface area contributed by atoms with E-state index in [1.165, 1.54) is 154 Å². The Balaban J connectivity index is 0.000000157. The van der Waals surface area contributed by atoms with Crippen molar-refractivity contribution in [3.63, 3.8) is 0 Å². The van der Waals surface area contributed by atoms with Crippen LogP contribution in [0.4, 0.5) is 0 Å². The molecule has 18 aromatic heterocycles. The van der Waals surface area contributed by atoms with Gasteiger partial charge in [-0.1, -0.05) is 170 Å². The van der Waals surface area contributed by atoms with Gasteiger partial charge < -0.3 is 44.4 Å². The number of rotatable bonds is 26. The summed E-state index contributed by atoms with van der Waals surface area (Å²) in [6.45, 7) is 21.3. The van der Waals surface area contributed by atoms with E-state index < -0.39 is 0 Å². The zero-order valence-electron chi connectivity index (χ0n) is 79.0. The minimum Gasteiger partial charge on any atom is -0.335 e. The Kier molecular flexibility index (Phi) is 44.3. The molecule has 8 N–H and O–H groups in total. The van der Waals surface area contributed by atoms with Crippen molar-refractivity contribution in [3.8, 4) is 11.1 Å². The third kappa shape index (κ3) is 37.7. The maximum absolute atomic E-state index is 11.4. The Morgan fingerprint density at radius 2 is 0.792 bits per heavy atom. The smallest absolute Gasteiger partial charge is 0.251 e. The van der Waals surface area contributed by atoms with Crippen LogP contribution in [0, 0.1) is 69.2 Å². The molecule has 746 valence electrons. The van der Waals surface area contributed by atoms with Gasteiger partial charge in [-0.15, -0.1) is 11.3 Å². The van der Waals surface area contributed by atoms with E-state index in [4.69, 9.17) is 58.0 Å². The lowest BCUT2D eigenvalue weighted by Gasteiger charge is -2.05. The van der Waals surface area contributed by atoms with Gasteiger partial charge in [-0.3, -0.25) is 67.4 Å². The number of pyridine rings is 6. The second kappa shape index (κ2) is 56.9. The SMILES string of the molecule is CCn1ccnc1CSc1nc(C)cc(=O)[nH]1.Cc1cc(=O)[nH]c(SCc2c(Cl)ccnc2Cl)n1.Cc1cc(=O)[nH]c(SCc2c(Cl)nc3sccn23)n1.Cc1cc(=O)[nH]c(SCc2cccnc2C)n1.Cc1cc(=O)[nH]c(SCc2ccnc(Cl)c2Cl)n1.Cc1cc(=O)[nH]c(SCc2ccnn2C)n1.Cc1cc(=O)[nH]c(SCc2cncc(-c3cccnc3)c2)n1.Cc1ccc(CSc2nc(C)cc(=O)[nH]2)cn1. The molecule has 0 atom stereocenters. The van der Waals surface area contributed by atoms with Gasteiger partial charge in [-0.2, -0.15) is 5.10 Å². The Morgan fingerprint density at radius 1 is 0.347 bits per heavy atom. The standard InChI is InChI=1S/C16H14N4OS.2C12H13N3OS.2C11H9Cl2N3OS.C11H9ClN4OS2.C11H14N4OS.C10H12N4OS/c1-11-5-15(21)20-16(19-11)22-10-12-6-14(9-18-7-12)13-3-2-4-17-8-13;1-8-3-4-10(6-13-8)7-17-12-14-9(2)5-11(16)15-12;1-8-6-11(16)15-12(14-8)17-7-10-4-3-5-13-9(10)2;1-6-4-9(17)16-11(15-6)18-5-7-8(12)2-3-14-10(7)13;1-6-4-8(17)16-11(15-6)18-5-7-2-3-14-10(13)9(7)12;1-6-4-8(17)14-10(13-6)19-5-7-9(12)15-11-16(7)2-3-18-11;1-3-15-5-4-12-9(15)7-17-11-13-8(2)6-10(16)14-11;1-7-5-9(15)13-10(12-7)16-6-8-3-4-11-14(8)2/h2-9H,10H2,1H3,(H,19,20,21);2*3-6H,7H2,1-2H3,(H,14,15,16);2*2-4H,5H2,1H3,(H,15,16,17);2-4H,5H2,1H3,(H,13,14,17);4-6H,3,7H2,1-2H3,(H,13,14,16);3-5H,6H2,1-2H3,(H,12,13,15). The normalized spacial score (nSPS) is 10.7. The van der Waals surface area contributed by atoms with Crippen LogP contribution in [0.15, 0.2) is 269 Å². The number of aryl methyl sites for hydroxylation is 12. The van der Waals surface area contributed by atoms with Crippen molar-refractivity contribution < 1.29 is 0 Å². The van der Waals surface area contributed by atoms with Crippen LogP contribution in [0.2, 0.25) is 25.5 Å². The molecule has 0 aliphatic heterocycles. The monoisotopic (exact) mass is 2200 g/mol. The number of thioether (sulfide) groups is 8. The lowest BCUT2D eigenvalue weighted by atomic mass is 10.1. The first-order chi connectivity index (χ1) is 69.1. The van der Waals surface area contributed by atoms with Crippen LogP contribution in [-0.2, 0) is 59.6 Å². The van der Waals surface area contributed by atoms with E-state index in [-0.39, 0.29) is 49.6 Å². The molecule has 0 aromatic carbocycles. The number of thiazole rings is 1. The second-order valence-electron chi connectivity index (χ2n) is 30.3. The predicted octanol–water partition coefficient (Wildman–Crippen LogP) is 18.5. The fourth-order valence-corrected chi connectivity index (χ4v) is 21.5. The third-order valence-electron chi connectivity index (χ3n) is 18.8. The van der Waals surface area contributed by atoms with Gasteiger partial charge >= 0.3 is 0 Å². The first-order valence-corrected chi connectivity index (χ1v) is 53.7. The van der Waals surface area contributed by atoms with Crippen LogP contribution in [0.1, 0.15) is 109 Å². The number of nitrogens with one attached hydrogen (secondary N) is 8. The molecule has 0 aliphatic rings. The molecule has 0 radical (unpaired) electrons. The Hall–Kier alpha value is -12.2. The van der Waals surface area contributed by atoms with Crippen molar-refractivity contribution in [2.75, 3.05) is 0 Å². The number of hydrogen-bond acceptors (Lipinski definition) is 34. The van der Waals surface area contributed by atoms with Gasteiger partial charge in [0.2, 0.25) is 0 Å².